The summed E-state index contributed by atoms with van der Waals surface area (Å²) in [7, 11) is 0. The molecule has 5 heteroatoms. The number of para-hydroxylation sites is 1. The van der Waals surface area contributed by atoms with Gasteiger partial charge in [0.25, 0.3) is 5.91 Å². The van der Waals surface area contributed by atoms with E-state index in [2.05, 4.69) is 5.48 Å². The molecular formula is C11H13NO4. The summed E-state index contributed by atoms with van der Waals surface area (Å²) in [5.41, 5.74) is 2.75. The van der Waals surface area contributed by atoms with Crippen molar-refractivity contribution in [3.05, 3.63) is 23.8 Å². The van der Waals surface area contributed by atoms with Gasteiger partial charge in [0.05, 0.1) is 12.2 Å². The standard InChI is InChI=1S/C11H13NO4/c1-2-16-12-11(13)8-4-3-5-9-10(8)15-7-6-14-9/h3-5H,2,6-7H2,1H3,(H,12,13). The van der Waals surface area contributed by atoms with Crippen LogP contribution in [0.15, 0.2) is 18.2 Å². The SMILES string of the molecule is CCONC(=O)c1cccc2c1OCCO2. The van der Waals surface area contributed by atoms with Gasteiger partial charge < -0.3 is 9.47 Å². The van der Waals surface area contributed by atoms with E-state index in [-0.39, 0.29) is 5.91 Å². The fourth-order valence-corrected chi connectivity index (χ4v) is 1.45. The Bertz CT molecular complexity index is 392. The van der Waals surface area contributed by atoms with E-state index in [1.165, 1.54) is 0 Å². The van der Waals surface area contributed by atoms with E-state index in [9.17, 15) is 4.79 Å². The van der Waals surface area contributed by atoms with Gasteiger partial charge in [0, 0.05) is 0 Å². The van der Waals surface area contributed by atoms with E-state index in [0.717, 1.165) is 0 Å². The minimum Gasteiger partial charge on any atom is -0.486 e. The number of hydrogen-bond acceptors (Lipinski definition) is 4. The summed E-state index contributed by atoms with van der Waals surface area (Å²) in [6, 6.07) is 5.18. The second-order valence-electron chi connectivity index (χ2n) is 3.19. The summed E-state index contributed by atoms with van der Waals surface area (Å²) >= 11 is 0. The average molecular weight is 223 g/mol. The minimum absolute atomic E-state index is 0.329. The molecule has 0 aliphatic carbocycles. The molecule has 86 valence electrons. The molecule has 5 nitrogen and oxygen atoms in total. The molecule has 2 rings (SSSR count). The van der Waals surface area contributed by atoms with E-state index in [4.69, 9.17) is 14.3 Å². The highest BCUT2D eigenvalue weighted by Crippen LogP contribution is 2.33. The molecule has 1 amide bonds. The van der Waals surface area contributed by atoms with Crippen LogP contribution in [0.2, 0.25) is 0 Å². The molecule has 1 aromatic rings. The summed E-state index contributed by atoms with van der Waals surface area (Å²) in [5, 5.41) is 0. The maximum atomic E-state index is 11.7. The Morgan fingerprint density at radius 2 is 2.25 bits per heavy atom. The van der Waals surface area contributed by atoms with E-state index in [0.29, 0.717) is 36.9 Å². The van der Waals surface area contributed by atoms with Gasteiger partial charge in [-0.15, -0.1) is 0 Å². The van der Waals surface area contributed by atoms with Crippen molar-refractivity contribution in [3.8, 4) is 11.5 Å². The third kappa shape index (κ3) is 2.09. The summed E-state index contributed by atoms with van der Waals surface area (Å²) < 4.78 is 10.8. The van der Waals surface area contributed by atoms with Crippen LogP contribution < -0.4 is 15.0 Å². The van der Waals surface area contributed by atoms with Gasteiger partial charge in [0.2, 0.25) is 0 Å². The summed E-state index contributed by atoms with van der Waals surface area (Å²) in [4.78, 5) is 16.5. The average Bonchev–Trinajstić information content (AvgIpc) is 2.35. The first-order valence-corrected chi connectivity index (χ1v) is 5.13. The molecule has 0 atom stereocenters. The molecule has 0 aromatic heterocycles. The highest BCUT2D eigenvalue weighted by Gasteiger charge is 2.20. The Kier molecular flexibility index (Phi) is 3.26. The van der Waals surface area contributed by atoms with Gasteiger partial charge in [-0.05, 0) is 19.1 Å². The van der Waals surface area contributed by atoms with Crippen molar-refractivity contribution >= 4 is 5.91 Å². The predicted octanol–water partition coefficient (Wildman–Crippen LogP) is 1.14. The van der Waals surface area contributed by atoms with Crippen LogP contribution in [0.3, 0.4) is 0 Å². The number of hydroxylamine groups is 1. The van der Waals surface area contributed by atoms with Crippen molar-refractivity contribution in [1.29, 1.82) is 0 Å². The second kappa shape index (κ2) is 4.85. The predicted molar refractivity (Wildman–Crippen MR) is 56.5 cm³/mol. The van der Waals surface area contributed by atoms with E-state index in [1.807, 2.05) is 0 Å². The third-order valence-electron chi connectivity index (χ3n) is 2.12. The third-order valence-corrected chi connectivity index (χ3v) is 2.12. The first-order valence-electron chi connectivity index (χ1n) is 5.13. The lowest BCUT2D eigenvalue weighted by Crippen LogP contribution is -2.26. The molecule has 0 saturated carbocycles. The molecule has 1 aliphatic rings. The van der Waals surface area contributed by atoms with Crippen LogP contribution in [0.1, 0.15) is 17.3 Å². The van der Waals surface area contributed by atoms with Gasteiger partial charge in [-0.2, -0.15) is 0 Å². The zero-order chi connectivity index (χ0) is 11.4. The number of rotatable bonds is 3. The maximum Gasteiger partial charge on any atom is 0.278 e. The molecule has 0 radical (unpaired) electrons. The minimum atomic E-state index is -0.329. The van der Waals surface area contributed by atoms with Crippen LogP contribution in [-0.2, 0) is 4.84 Å². The highest BCUT2D eigenvalue weighted by atomic mass is 16.6. The summed E-state index contributed by atoms with van der Waals surface area (Å²) in [6.45, 7) is 3.16. The van der Waals surface area contributed by atoms with Crippen molar-refractivity contribution < 1.29 is 19.1 Å². The Hall–Kier alpha value is -1.75. The summed E-state index contributed by atoms with van der Waals surface area (Å²) in [5.74, 6) is 0.741. The second-order valence-corrected chi connectivity index (χ2v) is 3.19. The molecule has 0 spiro atoms. The van der Waals surface area contributed by atoms with Crippen LogP contribution in [0, 0.1) is 0 Å². The fourth-order valence-electron chi connectivity index (χ4n) is 1.45. The fraction of sp³-hybridized carbons (Fsp3) is 0.364. The van der Waals surface area contributed by atoms with Gasteiger partial charge in [-0.1, -0.05) is 6.07 Å². The first kappa shape index (κ1) is 10.8. The van der Waals surface area contributed by atoms with E-state index in [1.54, 1.807) is 25.1 Å². The number of hydrogen-bond donors (Lipinski definition) is 1. The van der Waals surface area contributed by atoms with Crippen molar-refractivity contribution in [1.82, 2.24) is 5.48 Å². The van der Waals surface area contributed by atoms with Crippen LogP contribution >= 0.6 is 0 Å². The molecule has 1 aliphatic heterocycles. The molecular weight excluding hydrogens is 210 g/mol. The number of amides is 1. The normalized spacial score (nSPS) is 13.3. The number of ether oxygens (including phenoxy) is 2. The first-order chi connectivity index (χ1) is 7.83. The Morgan fingerprint density at radius 3 is 3.06 bits per heavy atom. The van der Waals surface area contributed by atoms with E-state index >= 15 is 0 Å². The number of benzene rings is 1. The zero-order valence-electron chi connectivity index (χ0n) is 8.99. The number of carbonyl (C=O) groups is 1. The number of fused-ring (bicyclic) bond motifs is 1. The van der Waals surface area contributed by atoms with E-state index < -0.39 is 0 Å². The molecule has 1 heterocycles. The van der Waals surface area contributed by atoms with Crippen molar-refractivity contribution in [2.75, 3.05) is 19.8 Å². The molecule has 0 fully saturated rings. The molecule has 0 saturated heterocycles. The van der Waals surface area contributed by atoms with Crippen LogP contribution in [0.25, 0.3) is 0 Å². The van der Waals surface area contributed by atoms with Crippen LogP contribution in [0.5, 0.6) is 11.5 Å². The topological polar surface area (TPSA) is 56.8 Å². The van der Waals surface area contributed by atoms with Crippen molar-refractivity contribution in [3.63, 3.8) is 0 Å². The lowest BCUT2D eigenvalue weighted by molar-refractivity contribution is 0.0358. The monoisotopic (exact) mass is 223 g/mol. The smallest absolute Gasteiger partial charge is 0.278 e. The number of carbonyl (C=O) groups excluding carboxylic acids is 1. The van der Waals surface area contributed by atoms with Crippen molar-refractivity contribution in [2.24, 2.45) is 0 Å². The summed E-state index contributed by atoms with van der Waals surface area (Å²) in [6.07, 6.45) is 0. The van der Waals surface area contributed by atoms with Gasteiger partial charge >= 0.3 is 0 Å². The lowest BCUT2D eigenvalue weighted by atomic mass is 10.1. The lowest BCUT2D eigenvalue weighted by Gasteiger charge is -2.20. The molecule has 1 N–H and O–H groups in total. The molecule has 0 unspecified atom stereocenters. The maximum absolute atomic E-state index is 11.7. The quantitative estimate of drug-likeness (QED) is 0.781. The Balaban J connectivity index is 2.23. The largest absolute Gasteiger partial charge is 0.486 e. The number of nitrogens with one attached hydrogen (secondary N) is 1. The molecule has 0 bridgehead atoms. The van der Waals surface area contributed by atoms with Crippen molar-refractivity contribution in [2.45, 2.75) is 6.92 Å². The zero-order valence-corrected chi connectivity index (χ0v) is 8.99. The molecule has 1 aromatic carbocycles. The van der Waals surface area contributed by atoms with Gasteiger partial charge in [0.15, 0.2) is 11.5 Å². The Labute approximate surface area is 93.3 Å². The van der Waals surface area contributed by atoms with Crippen LogP contribution in [-0.4, -0.2) is 25.7 Å². The Morgan fingerprint density at radius 1 is 1.44 bits per heavy atom. The van der Waals surface area contributed by atoms with Gasteiger partial charge in [0.1, 0.15) is 13.2 Å². The molecule has 16 heavy (non-hydrogen) atoms. The van der Waals surface area contributed by atoms with Gasteiger partial charge in [-0.25, -0.2) is 5.48 Å². The van der Waals surface area contributed by atoms with Gasteiger partial charge in [-0.3, -0.25) is 9.63 Å². The highest BCUT2D eigenvalue weighted by molar-refractivity contribution is 5.97. The van der Waals surface area contributed by atoms with Crippen LogP contribution in [0.4, 0.5) is 0 Å².